The maximum absolute atomic E-state index is 12.2. The Morgan fingerprint density at radius 3 is 1.75 bits per heavy atom. The highest BCUT2D eigenvalue weighted by Gasteiger charge is 2.62. The highest BCUT2D eigenvalue weighted by atomic mass is 16.3. The van der Waals surface area contributed by atoms with Crippen molar-refractivity contribution < 1.29 is 20.1 Å². The van der Waals surface area contributed by atoms with E-state index in [1.54, 1.807) is 11.1 Å². The number of unbranched alkanes of at least 4 members (excludes halogenated alkanes) is 3. The number of Topliss-reactive ketones (excluding diaryl/α,β-unsaturated/α-hetero) is 1. The van der Waals surface area contributed by atoms with E-state index in [1.807, 2.05) is 6.92 Å². The molecule has 6 fully saturated rings. The van der Waals surface area contributed by atoms with Gasteiger partial charge in [0.25, 0.3) is 0 Å². The molecule has 0 amide bonds. The molecule has 0 spiro atoms. The van der Waals surface area contributed by atoms with E-state index in [0.29, 0.717) is 33.9 Å². The average Bonchev–Trinajstić information content (AvgIpc) is 3.65. The van der Waals surface area contributed by atoms with Crippen LogP contribution in [-0.2, 0) is 4.79 Å². The number of hydrogen-bond donors (Lipinski definition) is 3. The Hall–Kier alpha value is -0.970. The Morgan fingerprint density at radius 1 is 0.692 bits per heavy atom. The van der Waals surface area contributed by atoms with Crippen molar-refractivity contribution in [1.82, 2.24) is 0 Å². The summed E-state index contributed by atoms with van der Waals surface area (Å²) in [5.74, 6) is 5.83. The first-order valence-corrected chi connectivity index (χ1v) is 22.6. The van der Waals surface area contributed by atoms with Gasteiger partial charge in [-0.15, -0.1) is 0 Å². The van der Waals surface area contributed by atoms with E-state index < -0.39 is 5.60 Å². The first-order chi connectivity index (χ1) is 24.6. The number of rotatable bonds is 7. The summed E-state index contributed by atoms with van der Waals surface area (Å²) in [4.78, 5) is 12.2. The Kier molecular flexibility index (Phi) is 11.0. The third kappa shape index (κ3) is 6.49. The van der Waals surface area contributed by atoms with Gasteiger partial charge in [0, 0.05) is 5.92 Å². The average molecular weight is 719 g/mol. The zero-order chi connectivity index (χ0) is 37.3. The second-order valence-electron chi connectivity index (χ2n) is 21.4. The SMILES string of the molecule is CC(=O)[C@H]1CCC2C3CC=C4C[C@@H](O)CC[C@]4(C)C3CC[C@@]21C.CCCCCC[C@](C)(O)[C@H]1CCC2C3CC=C4C[C@@H](O)CC[C@]4(C)C3CC[C@@]21C. The molecule has 0 aromatic carbocycles. The Bertz CT molecular complexity index is 1380. The molecule has 6 saturated carbocycles. The summed E-state index contributed by atoms with van der Waals surface area (Å²) < 4.78 is 0. The monoisotopic (exact) mass is 719 g/mol. The lowest BCUT2D eigenvalue weighted by atomic mass is 9.46. The molecule has 15 atom stereocenters. The number of hydrogen-bond acceptors (Lipinski definition) is 4. The summed E-state index contributed by atoms with van der Waals surface area (Å²) >= 11 is 0. The highest BCUT2D eigenvalue weighted by molar-refractivity contribution is 5.79. The molecular formula is C48H78O4. The molecule has 3 N–H and O–H groups in total. The molecule has 0 aromatic heterocycles. The van der Waals surface area contributed by atoms with Crippen LogP contribution in [-0.4, -0.2) is 38.9 Å². The van der Waals surface area contributed by atoms with Crippen molar-refractivity contribution in [1.29, 1.82) is 0 Å². The highest BCUT2D eigenvalue weighted by Crippen LogP contribution is 2.69. The first kappa shape index (κ1) is 39.3. The van der Waals surface area contributed by atoms with Crippen molar-refractivity contribution in [2.75, 3.05) is 0 Å². The summed E-state index contributed by atoms with van der Waals surface area (Å²) in [6.07, 6.45) is 29.3. The third-order valence-corrected chi connectivity index (χ3v) is 18.9. The van der Waals surface area contributed by atoms with E-state index in [2.05, 4.69) is 53.7 Å². The number of allylic oxidation sites excluding steroid dienone is 2. The van der Waals surface area contributed by atoms with Gasteiger partial charge < -0.3 is 15.3 Å². The van der Waals surface area contributed by atoms with Crippen LogP contribution in [0.2, 0.25) is 0 Å². The van der Waals surface area contributed by atoms with Gasteiger partial charge in [-0.2, -0.15) is 0 Å². The molecule has 0 bridgehead atoms. The molecule has 8 rings (SSSR count). The first-order valence-electron chi connectivity index (χ1n) is 22.6. The molecule has 8 aliphatic rings. The number of fused-ring (bicyclic) bond motifs is 10. The van der Waals surface area contributed by atoms with Crippen LogP contribution in [0.4, 0.5) is 0 Å². The van der Waals surface area contributed by atoms with Gasteiger partial charge in [-0.1, -0.05) is 83.6 Å². The van der Waals surface area contributed by atoms with Gasteiger partial charge in [0.05, 0.1) is 17.8 Å². The van der Waals surface area contributed by atoms with Gasteiger partial charge in [-0.05, 0) is 186 Å². The van der Waals surface area contributed by atoms with Crippen molar-refractivity contribution in [3.05, 3.63) is 23.3 Å². The summed E-state index contributed by atoms with van der Waals surface area (Å²) in [7, 11) is 0. The number of carbonyl (C=O) groups is 1. The fraction of sp³-hybridized carbons (Fsp3) is 0.896. The van der Waals surface area contributed by atoms with E-state index in [4.69, 9.17) is 0 Å². The fourth-order valence-corrected chi connectivity index (χ4v) is 16.1. The summed E-state index contributed by atoms with van der Waals surface area (Å²) in [6.45, 7) is 16.2. The van der Waals surface area contributed by atoms with Crippen molar-refractivity contribution in [3.8, 4) is 0 Å². The predicted octanol–water partition coefficient (Wildman–Crippen LogP) is 11.2. The van der Waals surface area contributed by atoms with Crippen LogP contribution in [0.5, 0.6) is 0 Å². The molecule has 0 radical (unpaired) electrons. The van der Waals surface area contributed by atoms with Gasteiger partial charge in [0.15, 0.2) is 0 Å². The van der Waals surface area contributed by atoms with Gasteiger partial charge in [0.1, 0.15) is 5.78 Å². The summed E-state index contributed by atoms with van der Waals surface area (Å²) in [6, 6.07) is 0. The van der Waals surface area contributed by atoms with Gasteiger partial charge in [0.2, 0.25) is 0 Å². The lowest BCUT2D eigenvalue weighted by Gasteiger charge is -2.59. The maximum atomic E-state index is 12.2. The van der Waals surface area contributed by atoms with Crippen molar-refractivity contribution in [2.45, 2.75) is 201 Å². The second-order valence-corrected chi connectivity index (χ2v) is 21.4. The van der Waals surface area contributed by atoms with Crippen molar-refractivity contribution in [2.24, 2.45) is 69.0 Å². The minimum Gasteiger partial charge on any atom is -0.393 e. The molecule has 6 unspecified atom stereocenters. The van der Waals surface area contributed by atoms with Crippen LogP contribution in [0.3, 0.4) is 0 Å². The topological polar surface area (TPSA) is 77.8 Å². The van der Waals surface area contributed by atoms with Crippen LogP contribution >= 0.6 is 0 Å². The Labute approximate surface area is 318 Å². The summed E-state index contributed by atoms with van der Waals surface area (Å²) in [5.41, 5.74) is 3.82. The van der Waals surface area contributed by atoms with Gasteiger partial charge in [-0.3, -0.25) is 4.79 Å². The Balaban J connectivity index is 0.000000166. The molecule has 0 aromatic rings. The lowest BCUT2D eigenvalue weighted by Crippen LogP contribution is -2.53. The molecule has 0 heterocycles. The largest absolute Gasteiger partial charge is 0.393 e. The molecule has 4 heteroatoms. The number of carbonyl (C=O) groups excluding carboxylic acids is 1. The number of ketones is 1. The van der Waals surface area contributed by atoms with Crippen LogP contribution in [0.1, 0.15) is 183 Å². The Morgan fingerprint density at radius 2 is 1.21 bits per heavy atom. The van der Waals surface area contributed by atoms with Crippen LogP contribution in [0.25, 0.3) is 0 Å². The zero-order valence-corrected chi connectivity index (χ0v) is 34.5. The maximum Gasteiger partial charge on any atom is 0.133 e. The van der Waals surface area contributed by atoms with E-state index >= 15 is 0 Å². The zero-order valence-electron chi connectivity index (χ0n) is 34.5. The van der Waals surface area contributed by atoms with E-state index in [-0.39, 0.29) is 17.6 Å². The van der Waals surface area contributed by atoms with E-state index in [0.717, 1.165) is 80.5 Å². The van der Waals surface area contributed by atoms with Crippen molar-refractivity contribution >= 4 is 5.78 Å². The van der Waals surface area contributed by atoms with Crippen LogP contribution < -0.4 is 0 Å². The predicted molar refractivity (Wildman–Crippen MR) is 212 cm³/mol. The molecule has 0 aliphatic heterocycles. The minimum atomic E-state index is -0.501. The smallest absolute Gasteiger partial charge is 0.133 e. The van der Waals surface area contributed by atoms with Crippen LogP contribution in [0, 0.1) is 69.0 Å². The third-order valence-electron chi connectivity index (χ3n) is 18.9. The molecular weight excluding hydrogens is 641 g/mol. The van der Waals surface area contributed by atoms with E-state index in [9.17, 15) is 20.1 Å². The quantitative estimate of drug-likeness (QED) is 0.181. The summed E-state index contributed by atoms with van der Waals surface area (Å²) in [5, 5.41) is 31.8. The van der Waals surface area contributed by atoms with E-state index in [1.165, 1.54) is 89.9 Å². The van der Waals surface area contributed by atoms with Gasteiger partial charge in [-0.25, -0.2) is 0 Å². The molecule has 4 nitrogen and oxygen atoms in total. The number of aliphatic hydroxyl groups excluding tert-OH is 2. The molecule has 52 heavy (non-hydrogen) atoms. The minimum absolute atomic E-state index is 0.113. The molecule has 294 valence electrons. The molecule has 8 aliphatic carbocycles. The van der Waals surface area contributed by atoms with Gasteiger partial charge >= 0.3 is 0 Å². The standard InChI is InChI=1S/C27H46O2.C21H32O2/c1-5-6-7-8-15-27(4,29)24-12-11-22-21-10-9-19-18-20(28)13-16-25(19,2)23(21)14-17-26(22,24)3;1-13(22)17-6-7-18-16-5-4-14-12-15(23)8-10-20(14,2)19(16)9-11-21(17,18)3/h9,20-24,28-29H,5-8,10-18H2,1-4H3;4,15-19,23H,5-12H2,1-3H3/t20-,21?,22?,23?,24-,25-,26-,27-;15-,16?,17+,18?,19?,20-,21+/m00/s1. The second kappa shape index (κ2) is 14.5. The van der Waals surface area contributed by atoms with Crippen molar-refractivity contribution in [3.63, 3.8) is 0 Å². The normalized spacial score (nSPS) is 48.9. The van der Waals surface area contributed by atoms with Crippen LogP contribution in [0.15, 0.2) is 23.3 Å². The number of aliphatic hydroxyl groups is 3. The fourth-order valence-electron chi connectivity index (χ4n) is 16.1. The lowest BCUT2D eigenvalue weighted by molar-refractivity contribution is -0.127. The molecule has 0 saturated heterocycles.